The second kappa shape index (κ2) is 6.47. The van der Waals surface area contributed by atoms with Crippen molar-refractivity contribution in [3.8, 4) is 0 Å². The second-order valence-corrected chi connectivity index (χ2v) is 6.06. The molecule has 2 unspecified atom stereocenters. The fourth-order valence-corrected chi connectivity index (χ4v) is 3.40. The second-order valence-electron chi connectivity index (χ2n) is 6.06. The zero-order valence-electron chi connectivity index (χ0n) is 13.8. The zero-order valence-corrected chi connectivity index (χ0v) is 13.8. The molecule has 116 valence electrons. The van der Waals surface area contributed by atoms with E-state index in [4.69, 9.17) is 4.98 Å². The molecule has 2 atom stereocenters. The molecule has 0 spiro atoms. The molecule has 0 aliphatic heterocycles. The molecule has 22 heavy (non-hydrogen) atoms. The van der Waals surface area contributed by atoms with Gasteiger partial charge in [-0.05, 0) is 36.3 Å². The molecule has 0 bridgehead atoms. The van der Waals surface area contributed by atoms with Crippen molar-refractivity contribution in [3.63, 3.8) is 0 Å². The van der Waals surface area contributed by atoms with Gasteiger partial charge >= 0.3 is 0 Å². The monoisotopic (exact) mass is 295 g/mol. The molecular weight excluding hydrogens is 270 g/mol. The van der Waals surface area contributed by atoms with E-state index in [1.54, 1.807) is 0 Å². The summed E-state index contributed by atoms with van der Waals surface area (Å²) in [5, 5.41) is 3.72. The third-order valence-corrected chi connectivity index (χ3v) is 4.76. The number of fused-ring (bicyclic) bond motifs is 1. The summed E-state index contributed by atoms with van der Waals surface area (Å²) < 4.78 is 0. The highest BCUT2D eigenvalue weighted by atomic mass is 15.1. The van der Waals surface area contributed by atoms with Crippen LogP contribution in [0, 0.1) is 5.92 Å². The Morgan fingerprint density at radius 1 is 1.14 bits per heavy atom. The predicted octanol–water partition coefficient (Wildman–Crippen LogP) is 4.34. The predicted molar refractivity (Wildman–Crippen MR) is 91.1 cm³/mol. The van der Waals surface area contributed by atoms with Gasteiger partial charge in [0.05, 0.1) is 17.4 Å². The molecule has 2 aromatic rings. The van der Waals surface area contributed by atoms with Crippen molar-refractivity contribution >= 4 is 5.82 Å². The van der Waals surface area contributed by atoms with Crippen LogP contribution in [-0.2, 0) is 19.3 Å². The minimum Gasteiger partial charge on any atom is -0.361 e. The highest BCUT2D eigenvalue weighted by Crippen LogP contribution is 2.40. The average molecular weight is 295 g/mol. The topological polar surface area (TPSA) is 37.8 Å². The Hall–Kier alpha value is -1.90. The number of nitrogens with zero attached hydrogens (tertiary/aromatic N) is 2. The van der Waals surface area contributed by atoms with Gasteiger partial charge in [0.1, 0.15) is 5.82 Å². The first-order chi connectivity index (χ1) is 10.8. The van der Waals surface area contributed by atoms with Gasteiger partial charge in [0.2, 0.25) is 0 Å². The summed E-state index contributed by atoms with van der Waals surface area (Å²) in [5.74, 6) is 1.61. The van der Waals surface area contributed by atoms with E-state index < -0.39 is 0 Å². The Labute approximate surface area is 133 Å². The first-order valence-electron chi connectivity index (χ1n) is 8.45. The maximum absolute atomic E-state index is 4.79. The minimum absolute atomic E-state index is 0.355. The summed E-state index contributed by atoms with van der Waals surface area (Å²) in [6.07, 6.45) is 6.07. The zero-order chi connectivity index (χ0) is 15.5. The fourth-order valence-electron chi connectivity index (χ4n) is 3.40. The van der Waals surface area contributed by atoms with Crippen LogP contribution in [0.3, 0.4) is 0 Å². The molecule has 0 amide bonds. The number of hydrogen-bond acceptors (Lipinski definition) is 3. The van der Waals surface area contributed by atoms with E-state index in [-0.39, 0.29) is 0 Å². The van der Waals surface area contributed by atoms with Crippen molar-refractivity contribution in [3.05, 3.63) is 53.0 Å². The summed E-state index contributed by atoms with van der Waals surface area (Å²) in [7, 11) is 0. The van der Waals surface area contributed by atoms with Crippen molar-refractivity contribution in [2.45, 2.75) is 52.5 Å². The normalized spacial score (nSPS) is 20.0. The molecule has 1 aromatic carbocycles. The largest absolute Gasteiger partial charge is 0.361 e. The van der Waals surface area contributed by atoms with Crippen molar-refractivity contribution < 1.29 is 0 Å². The van der Waals surface area contributed by atoms with E-state index in [1.165, 1.54) is 17.5 Å². The van der Waals surface area contributed by atoms with Gasteiger partial charge in [-0.15, -0.1) is 0 Å². The molecule has 0 fully saturated rings. The number of nitrogens with one attached hydrogen (secondary N) is 1. The lowest BCUT2D eigenvalue weighted by atomic mass is 9.98. The Morgan fingerprint density at radius 3 is 2.68 bits per heavy atom. The van der Waals surface area contributed by atoms with Crippen LogP contribution in [0.15, 0.2) is 30.5 Å². The van der Waals surface area contributed by atoms with Crippen molar-refractivity contribution in [2.75, 3.05) is 5.32 Å². The molecule has 0 saturated carbocycles. The van der Waals surface area contributed by atoms with Crippen LogP contribution in [0.5, 0.6) is 0 Å². The Morgan fingerprint density at radius 2 is 1.95 bits per heavy atom. The smallest absolute Gasteiger partial charge is 0.148 e. The fraction of sp³-hybridized carbons (Fsp3) is 0.474. The minimum atomic E-state index is 0.355. The number of hydrogen-bond donors (Lipinski definition) is 1. The van der Waals surface area contributed by atoms with Gasteiger partial charge in [-0.3, -0.25) is 4.98 Å². The summed E-state index contributed by atoms with van der Waals surface area (Å²) >= 11 is 0. The van der Waals surface area contributed by atoms with Crippen molar-refractivity contribution in [1.82, 2.24) is 9.97 Å². The Bertz CT molecular complexity index is 651. The maximum atomic E-state index is 4.79. The molecule has 3 nitrogen and oxygen atoms in total. The quantitative estimate of drug-likeness (QED) is 0.891. The molecule has 1 aliphatic rings. The van der Waals surface area contributed by atoms with Gasteiger partial charge < -0.3 is 5.32 Å². The lowest BCUT2D eigenvalue weighted by Gasteiger charge is -2.23. The van der Waals surface area contributed by atoms with Crippen LogP contribution in [0.1, 0.15) is 55.7 Å². The molecule has 1 N–H and O–H groups in total. The standard InChI is InChI=1S/C19H25N3/c1-4-13-11-14-9-7-8-10-16(14)18(13)22-19-17(6-3)20-12-15(5-2)21-19/h7-10,12-13,18H,4-6,11H2,1-3H3,(H,21,22). The van der Waals surface area contributed by atoms with Gasteiger partial charge in [0.25, 0.3) is 0 Å². The molecule has 0 saturated heterocycles. The van der Waals surface area contributed by atoms with Gasteiger partial charge in [-0.25, -0.2) is 4.98 Å². The van der Waals surface area contributed by atoms with Crippen LogP contribution < -0.4 is 5.32 Å². The van der Waals surface area contributed by atoms with Crippen LogP contribution in [0.4, 0.5) is 5.82 Å². The van der Waals surface area contributed by atoms with E-state index in [0.29, 0.717) is 12.0 Å². The third kappa shape index (κ3) is 2.72. The van der Waals surface area contributed by atoms with Gasteiger partial charge in [0.15, 0.2) is 0 Å². The SMILES string of the molecule is CCc1cnc(CC)c(NC2c3ccccc3CC2CC)n1. The number of aryl methyl sites for hydroxylation is 2. The van der Waals surface area contributed by atoms with E-state index in [1.807, 2.05) is 6.20 Å². The molecule has 1 aromatic heterocycles. The van der Waals surface area contributed by atoms with Crippen LogP contribution in [-0.4, -0.2) is 9.97 Å². The first kappa shape index (κ1) is 15.0. The lowest BCUT2D eigenvalue weighted by molar-refractivity contribution is 0.474. The van der Waals surface area contributed by atoms with Crippen LogP contribution in [0.2, 0.25) is 0 Å². The molecule has 3 heteroatoms. The van der Waals surface area contributed by atoms with Gasteiger partial charge in [-0.1, -0.05) is 51.5 Å². The van der Waals surface area contributed by atoms with E-state index in [0.717, 1.165) is 36.5 Å². The van der Waals surface area contributed by atoms with E-state index >= 15 is 0 Å². The summed E-state index contributed by atoms with van der Waals surface area (Å²) in [5.41, 5.74) is 5.03. The summed E-state index contributed by atoms with van der Waals surface area (Å²) in [6, 6.07) is 9.15. The number of benzene rings is 1. The Balaban J connectivity index is 1.94. The van der Waals surface area contributed by atoms with E-state index in [9.17, 15) is 0 Å². The van der Waals surface area contributed by atoms with Crippen molar-refractivity contribution in [1.29, 1.82) is 0 Å². The van der Waals surface area contributed by atoms with Crippen LogP contribution in [0.25, 0.3) is 0 Å². The Kier molecular flexibility index (Phi) is 4.41. The molecule has 1 heterocycles. The summed E-state index contributed by atoms with van der Waals surface area (Å²) in [4.78, 5) is 9.39. The number of rotatable bonds is 5. The van der Waals surface area contributed by atoms with E-state index in [2.05, 4.69) is 55.3 Å². The lowest BCUT2D eigenvalue weighted by Crippen LogP contribution is -2.19. The van der Waals surface area contributed by atoms with Crippen molar-refractivity contribution in [2.24, 2.45) is 5.92 Å². The maximum Gasteiger partial charge on any atom is 0.148 e. The molecular formula is C19H25N3. The van der Waals surface area contributed by atoms with Gasteiger partial charge in [-0.2, -0.15) is 0 Å². The highest BCUT2D eigenvalue weighted by Gasteiger charge is 2.31. The molecule has 3 rings (SSSR count). The van der Waals surface area contributed by atoms with Gasteiger partial charge in [0, 0.05) is 6.20 Å². The third-order valence-electron chi connectivity index (χ3n) is 4.76. The summed E-state index contributed by atoms with van der Waals surface area (Å²) in [6.45, 7) is 6.54. The van der Waals surface area contributed by atoms with Crippen LogP contribution >= 0.6 is 0 Å². The molecule has 1 aliphatic carbocycles. The highest BCUT2D eigenvalue weighted by molar-refractivity contribution is 5.47. The molecule has 0 radical (unpaired) electrons. The number of anilines is 1. The average Bonchev–Trinajstić information content (AvgIpc) is 2.92. The first-order valence-corrected chi connectivity index (χ1v) is 8.45. The number of aromatic nitrogens is 2.